The molecule has 2 rings (SSSR count). The lowest BCUT2D eigenvalue weighted by atomic mass is 10.1. The molecule has 0 aliphatic rings. The highest BCUT2D eigenvalue weighted by atomic mass is 16.5. The number of benzene rings is 2. The molecule has 2 aromatic carbocycles. The number of aldehydes is 1. The van der Waals surface area contributed by atoms with Crippen molar-refractivity contribution >= 4 is 17.9 Å². The molecule has 0 bridgehead atoms. The molecule has 2 aromatic rings. The van der Waals surface area contributed by atoms with E-state index in [-0.39, 0.29) is 12.5 Å². The smallest absolute Gasteiger partial charge is 0.262 e. The second-order valence-corrected chi connectivity index (χ2v) is 4.36. The third-order valence-corrected chi connectivity index (χ3v) is 2.71. The van der Waals surface area contributed by atoms with Crippen LogP contribution in [-0.4, -0.2) is 18.8 Å². The Morgan fingerprint density at radius 2 is 1.95 bits per heavy atom. The summed E-state index contributed by atoms with van der Waals surface area (Å²) in [5.74, 6) is 0.141. The van der Waals surface area contributed by atoms with Crippen molar-refractivity contribution in [2.75, 3.05) is 11.9 Å². The Balaban J connectivity index is 1.95. The van der Waals surface area contributed by atoms with Gasteiger partial charge in [-0.15, -0.1) is 0 Å². The van der Waals surface area contributed by atoms with Crippen LogP contribution >= 0.6 is 0 Å². The lowest BCUT2D eigenvalue weighted by Crippen LogP contribution is -2.20. The Morgan fingerprint density at radius 1 is 1.20 bits per heavy atom. The quantitative estimate of drug-likeness (QED) is 0.849. The number of carbonyl (C=O) groups is 2. The summed E-state index contributed by atoms with van der Waals surface area (Å²) >= 11 is 0. The molecule has 4 nitrogen and oxygen atoms in total. The molecule has 1 N–H and O–H groups in total. The molecule has 0 aliphatic carbocycles. The van der Waals surface area contributed by atoms with Crippen molar-refractivity contribution in [3.8, 4) is 5.75 Å². The number of anilines is 1. The number of aryl methyl sites for hydroxylation is 1. The Kier molecular flexibility index (Phi) is 4.50. The maximum Gasteiger partial charge on any atom is 0.262 e. The molecule has 0 aliphatic heterocycles. The number of carbonyl (C=O) groups excluding carboxylic acids is 2. The number of ether oxygens (including phenoxy) is 1. The maximum atomic E-state index is 11.7. The second-order valence-electron chi connectivity index (χ2n) is 4.36. The van der Waals surface area contributed by atoms with Gasteiger partial charge >= 0.3 is 0 Å². The molecule has 0 saturated heterocycles. The summed E-state index contributed by atoms with van der Waals surface area (Å²) in [6.07, 6.45) is 0.720. The van der Waals surface area contributed by atoms with Gasteiger partial charge in [-0.1, -0.05) is 29.8 Å². The predicted molar refractivity (Wildman–Crippen MR) is 77.1 cm³/mol. The monoisotopic (exact) mass is 269 g/mol. The molecular formula is C16H15NO3. The molecule has 0 aromatic heterocycles. The van der Waals surface area contributed by atoms with E-state index in [2.05, 4.69) is 5.32 Å². The van der Waals surface area contributed by atoms with E-state index >= 15 is 0 Å². The van der Waals surface area contributed by atoms with Crippen LogP contribution in [0.1, 0.15) is 15.9 Å². The van der Waals surface area contributed by atoms with Crippen LogP contribution in [0.15, 0.2) is 48.5 Å². The predicted octanol–water partition coefficient (Wildman–Crippen LogP) is 2.83. The zero-order valence-electron chi connectivity index (χ0n) is 11.1. The average molecular weight is 269 g/mol. The van der Waals surface area contributed by atoms with Gasteiger partial charge in [-0.3, -0.25) is 9.59 Å². The number of para-hydroxylation sites is 1. The van der Waals surface area contributed by atoms with Gasteiger partial charge < -0.3 is 10.1 Å². The van der Waals surface area contributed by atoms with Gasteiger partial charge in [-0.05, 0) is 31.2 Å². The highest BCUT2D eigenvalue weighted by Crippen LogP contribution is 2.18. The molecule has 102 valence electrons. The summed E-state index contributed by atoms with van der Waals surface area (Å²) in [6.45, 7) is 1.75. The first-order valence-corrected chi connectivity index (χ1v) is 6.22. The highest BCUT2D eigenvalue weighted by Gasteiger charge is 2.07. The van der Waals surface area contributed by atoms with Crippen molar-refractivity contribution in [3.63, 3.8) is 0 Å². The standard InChI is InChI=1S/C16H15NO3/c1-12-7-8-15(13(9-12)10-18)20-11-16(19)17-14-5-3-2-4-6-14/h2-10H,11H2,1H3,(H,17,19). The first-order valence-electron chi connectivity index (χ1n) is 6.22. The van der Waals surface area contributed by atoms with Gasteiger partial charge in [0.15, 0.2) is 12.9 Å². The molecule has 0 radical (unpaired) electrons. The largest absolute Gasteiger partial charge is 0.483 e. The fourth-order valence-corrected chi connectivity index (χ4v) is 1.75. The van der Waals surface area contributed by atoms with Gasteiger partial charge in [0.05, 0.1) is 5.56 Å². The molecule has 20 heavy (non-hydrogen) atoms. The van der Waals surface area contributed by atoms with Crippen LogP contribution in [0.4, 0.5) is 5.69 Å². The molecule has 0 unspecified atom stereocenters. The number of rotatable bonds is 5. The lowest BCUT2D eigenvalue weighted by molar-refractivity contribution is -0.118. The van der Waals surface area contributed by atoms with Crippen molar-refractivity contribution in [1.29, 1.82) is 0 Å². The van der Waals surface area contributed by atoms with Gasteiger partial charge in [0.25, 0.3) is 5.91 Å². The second kappa shape index (κ2) is 6.52. The molecule has 0 heterocycles. The maximum absolute atomic E-state index is 11.7. The van der Waals surface area contributed by atoms with E-state index in [0.29, 0.717) is 17.0 Å². The van der Waals surface area contributed by atoms with Crippen LogP contribution in [0, 0.1) is 6.92 Å². The molecule has 0 saturated carbocycles. The third kappa shape index (κ3) is 3.68. The van der Waals surface area contributed by atoms with Crippen LogP contribution in [0.2, 0.25) is 0 Å². The lowest BCUT2D eigenvalue weighted by Gasteiger charge is -2.09. The molecule has 4 heteroatoms. The number of nitrogens with one attached hydrogen (secondary N) is 1. The van der Waals surface area contributed by atoms with Crippen molar-refractivity contribution in [2.24, 2.45) is 0 Å². The van der Waals surface area contributed by atoms with Crippen LogP contribution < -0.4 is 10.1 Å². The Morgan fingerprint density at radius 3 is 2.65 bits per heavy atom. The molecule has 0 atom stereocenters. The molecular weight excluding hydrogens is 254 g/mol. The van der Waals surface area contributed by atoms with Crippen molar-refractivity contribution in [3.05, 3.63) is 59.7 Å². The van der Waals surface area contributed by atoms with Crippen LogP contribution in [0.5, 0.6) is 5.75 Å². The topological polar surface area (TPSA) is 55.4 Å². The van der Waals surface area contributed by atoms with E-state index in [4.69, 9.17) is 4.74 Å². The van der Waals surface area contributed by atoms with E-state index < -0.39 is 0 Å². The van der Waals surface area contributed by atoms with Gasteiger partial charge in [0.1, 0.15) is 5.75 Å². The summed E-state index contributed by atoms with van der Waals surface area (Å²) in [4.78, 5) is 22.7. The van der Waals surface area contributed by atoms with E-state index in [0.717, 1.165) is 11.8 Å². The summed E-state index contributed by atoms with van der Waals surface area (Å²) in [7, 11) is 0. The first kappa shape index (κ1) is 13.8. The SMILES string of the molecule is Cc1ccc(OCC(=O)Nc2ccccc2)c(C=O)c1. The van der Waals surface area contributed by atoms with Crippen molar-refractivity contribution in [1.82, 2.24) is 0 Å². The summed E-state index contributed by atoms with van der Waals surface area (Å²) in [5.41, 5.74) is 2.12. The van der Waals surface area contributed by atoms with Crippen molar-refractivity contribution < 1.29 is 14.3 Å². The van der Waals surface area contributed by atoms with Gasteiger partial charge in [-0.25, -0.2) is 0 Å². The third-order valence-electron chi connectivity index (χ3n) is 2.71. The molecule has 1 amide bonds. The molecule has 0 fully saturated rings. The Hall–Kier alpha value is -2.62. The molecule has 0 spiro atoms. The average Bonchev–Trinajstić information content (AvgIpc) is 2.47. The Labute approximate surface area is 117 Å². The highest BCUT2D eigenvalue weighted by molar-refractivity contribution is 5.92. The van der Waals surface area contributed by atoms with E-state index in [9.17, 15) is 9.59 Å². The zero-order valence-corrected chi connectivity index (χ0v) is 11.1. The van der Waals surface area contributed by atoms with E-state index in [1.807, 2.05) is 31.2 Å². The van der Waals surface area contributed by atoms with Crippen LogP contribution in [0.3, 0.4) is 0 Å². The van der Waals surface area contributed by atoms with Crippen LogP contribution in [-0.2, 0) is 4.79 Å². The summed E-state index contributed by atoms with van der Waals surface area (Å²) in [6, 6.07) is 14.4. The minimum absolute atomic E-state index is 0.140. The fourth-order valence-electron chi connectivity index (χ4n) is 1.75. The minimum atomic E-state index is -0.270. The minimum Gasteiger partial charge on any atom is -0.483 e. The van der Waals surface area contributed by atoms with Crippen molar-refractivity contribution in [2.45, 2.75) is 6.92 Å². The van der Waals surface area contributed by atoms with E-state index in [1.165, 1.54) is 0 Å². The first-order chi connectivity index (χ1) is 9.69. The van der Waals surface area contributed by atoms with Gasteiger partial charge in [0, 0.05) is 5.69 Å². The van der Waals surface area contributed by atoms with E-state index in [1.54, 1.807) is 24.3 Å². The fraction of sp³-hybridized carbons (Fsp3) is 0.125. The summed E-state index contributed by atoms with van der Waals surface area (Å²) < 4.78 is 5.37. The zero-order chi connectivity index (χ0) is 14.4. The van der Waals surface area contributed by atoms with Gasteiger partial charge in [0.2, 0.25) is 0 Å². The normalized spacial score (nSPS) is 9.85. The number of hydrogen-bond acceptors (Lipinski definition) is 3. The van der Waals surface area contributed by atoms with Gasteiger partial charge in [-0.2, -0.15) is 0 Å². The number of hydrogen-bond donors (Lipinski definition) is 1. The number of amides is 1. The Bertz CT molecular complexity index is 608. The van der Waals surface area contributed by atoms with Crippen LogP contribution in [0.25, 0.3) is 0 Å². The summed E-state index contributed by atoms with van der Waals surface area (Å²) in [5, 5.41) is 2.71.